The van der Waals surface area contributed by atoms with Gasteiger partial charge in [-0.25, -0.2) is 0 Å². The topological polar surface area (TPSA) is 93.5 Å². The van der Waals surface area contributed by atoms with Crippen LogP contribution in [-0.2, 0) is 9.59 Å². The van der Waals surface area contributed by atoms with Crippen LogP contribution in [0.1, 0.15) is 5.76 Å². The molecule has 134 valence electrons. The number of hydrogen-bond acceptors (Lipinski definition) is 6. The third kappa shape index (κ3) is 7.61. The van der Waals surface area contributed by atoms with Gasteiger partial charge in [-0.05, 0) is 25.1 Å². The maximum Gasteiger partial charge on any atom is 0.235 e. The largest absolute Gasteiger partial charge is 0.492 e. The number of carbonyl (C=O) groups excluding carboxylic acids is 2. The van der Waals surface area contributed by atoms with Crippen LogP contribution in [0.4, 0.5) is 5.82 Å². The van der Waals surface area contributed by atoms with E-state index in [4.69, 9.17) is 9.26 Å². The highest BCUT2D eigenvalue weighted by atomic mass is 79.9. The Morgan fingerprint density at radius 3 is 2.80 bits per heavy atom. The van der Waals surface area contributed by atoms with Crippen molar-refractivity contribution in [1.29, 1.82) is 0 Å². The molecule has 0 saturated heterocycles. The molecule has 2 rings (SSSR count). The van der Waals surface area contributed by atoms with Gasteiger partial charge in [0, 0.05) is 10.5 Å². The van der Waals surface area contributed by atoms with Gasteiger partial charge in [-0.15, -0.1) is 11.8 Å². The monoisotopic (exact) mass is 427 g/mol. The molecule has 2 N–H and O–H groups in total. The van der Waals surface area contributed by atoms with Crippen LogP contribution in [-0.4, -0.2) is 41.6 Å². The van der Waals surface area contributed by atoms with Gasteiger partial charge in [0.05, 0.1) is 18.1 Å². The molecule has 2 amide bonds. The Morgan fingerprint density at radius 2 is 2.08 bits per heavy atom. The molecular formula is C16H18BrN3O4S. The molecule has 1 aromatic carbocycles. The first-order valence-corrected chi connectivity index (χ1v) is 9.43. The Bertz CT molecular complexity index is 723. The van der Waals surface area contributed by atoms with Gasteiger partial charge in [0.2, 0.25) is 11.8 Å². The summed E-state index contributed by atoms with van der Waals surface area (Å²) in [6.07, 6.45) is 0. The first kappa shape index (κ1) is 19.3. The summed E-state index contributed by atoms with van der Waals surface area (Å²) in [7, 11) is 0. The van der Waals surface area contributed by atoms with E-state index in [1.165, 1.54) is 11.8 Å². The highest BCUT2D eigenvalue weighted by Gasteiger charge is 2.08. The molecule has 0 unspecified atom stereocenters. The number of nitrogens with one attached hydrogen (secondary N) is 2. The maximum absolute atomic E-state index is 11.7. The number of halogens is 1. The third-order valence-corrected chi connectivity index (χ3v) is 4.28. The molecule has 9 heteroatoms. The molecule has 7 nitrogen and oxygen atoms in total. The molecule has 25 heavy (non-hydrogen) atoms. The summed E-state index contributed by atoms with van der Waals surface area (Å²) in [5.74, 6) is 1.70. The smallest absolute Gasteiger partial charge is 0.235 e. The second kappa shape index (κ2) is 10.1. The van der Waals surface area contributed by atoms with E-state index in [0.717, 1.165) is 10.2 Å². The molecule has 2 aromatic rings. The quantitative estimate of drug-likeness (QED) is 0.597. The van der Waals surface area contributed by atoms with E-state index in [2.05, 4.69) is 31.7 Å². The minimum Gasteiger partial charge on any atom is -0.492 e. The van der Waals surface area contributed by atoms with E-state index in [1.807, 2.05) is 24.3 Å². The van der Waals surface area contributed by atoms with Crippen LogP contribution in [0, 0.1) is 6.92 Å². The predicted molar refractivity (Wildman–Crippen MR) is 99.8 cm³/mol. The summed E-state index contributed by atoms with van der Waals surface area (Å²) in [4.78, 5) is 23.4. The van der Waals surface area contributed by atoms with Crippen molar-refractivity contribution in [2.45, 2.75) is 6.92 Å². The molecule has 0 bridgehead atoms. The lowest BCUT2D eigenvalue weighted by Gasteiger charge is -2.08. The van der Waals surface area contributed by atoms with Crippen molar-refractivity contribution >= 4 is 45.3 Å². The summed E-state index contributed by atoms with van der Waals surface area (Å²) in [5.41, 5.74) is 0. The minimum atomic E-state index is -0.232. The van der Waals surface area contributed by atoms with E-state index >= 15 is 0 Å². The molecule has 0 aliphatic carbocycles. The predicted octanol–water partition coefficient (Wildman–Crippen LogP) is 2.61. The van der Waals surface area contributed by atoms with Crippen LogP contribution < -0.4 is 15.4 Å². The van der Waals surface area contributed by atoms with Crippen LogP contribution in [0.15, 0.2) is 39.3 Å². The zero-order valence-electron chi connectivity index (χ0n) is 13.6. The zero-order valence-corrected chi connectivity index (χ0v) is 16.0. The average molecular weight is 428 g/mol. The summed E-state index contributed by atoms with van der Waals surface area (Å²) in [6, 6.07) is 9.11. The number of carbonyl (C=O) groups is 2. The van der Waals surface area contributed by atoms with Crippen LogP contribution in [0.5, 0.6) is 5.75 Å². The fraction of sp³-hybridized carbons (Fsp3) is 0.312. The van der Waals surface area contributed by atoms with Crippen LogP contribution >= 0.6 is 27.7 Å². The Balaban J connectivity index is 1.54. The second-order valence-electron chi connectivity index (χ2n) is 5.02. The normalized spacial score (nSPS) is 10.3. The lowest BCUT2D eigenvalue weighted by molar-refractivity contribution is -0.118. The summed E-state index contributed by atoms with van der Waals surface area (Å²) < 4.78 is 11.3. The Kier molecular flexibility index (Phi) is 7.80. The Hall–Kier alpha value is -2.00. The summed E-state index contributed by atoms with van der Waals surface area (Å²) in [5, 5.41) is 9.00. The van der Waals surface area contributed by atoms with Crippen molar-refractivity contribution in [1.82, 2.24) is 10.5 Å². The maximum atomic E-state index is 11.7. The number of aryl methyl sites for hydroxylation is 1. The molecule has 0 spiro atoms. The lowest BCUT2D eigenvalue weighted by Crippen LogP contribution is -2.30. The Labute approximate surface area is 158 Å². The number of aromatic nitrogens is 1. The number of amides is 2. The van der Waals surface area contributed by atoms with Gasteiger partial charge in [0.15, 0.2) is 5.82 Å². The van der Waals surface area contributed by atoms with Crippen molar-refractivity contribution in [3.05, 3.63) is 40.6 Å². The number of anilines is 1. The van der Waals surface area contributed by atoms with Crippen LogP contribution in [0.25, 0.3) is 0 Å². The standard InChI is InChI=1S/C16H18BrN3O4S/c1-11-7-14(20-24-11)19-16(22)10-25-9-15(21)18-5-6-23-13-4-2-3-12(17)8-13/h2-4,7-8H,5-6,9-10H2,1H3,(H,18,21)(H,19,20,22). The number of ether oxygens (including phenoxy) is 1. The van der Waals surface area contributed by atoms with E-state index in [1.54, 1.807) is 13.0 Å². The fourth-order valence-electron chi connectivity index (χ4n) is 1.81. The van der Waals surface area contributed by atoms with Crippen molar-refractivity contribution in [3.63, 3.8) is 0 Å². The molecular weight excluding hydrogens is 410 g/mol. The van der Waals surface area contributed by atoms with Gasteiger partial charge in [-0.3, -0.25) is 9.59 Å². The highest BCUT2D eigenvalue weighted by molar-refractivity contribution is 9.10. The zero-order chi connectivity index (χ0) is 18.1. The van der Waals surface area contributed by atoms with Gasteiger partial charge in [0.25, 0.3) is 0 Å². The van der Waals surface area contributed by atoms with E-state index in [0.29, 0.717) is 24.7 Å². The average Bonchev–Trinajstić information content (AvgIpc) is 2.96. The molecule has 0 fully saturated rings. The first-order chi connectivity index (χ1) is 12.0. The molecule has 1 heterocycles. The molecule has 0 saturated carbocycles. The third-order valence-electron chi connectivity index (χ3n) is 2.85. The molecule has 0 atom stereocenters. The molecule has 0 aliphatic rings. The minimum absolute atomic E-state index is 0.145. The van der Waals surface area contributed by atoms with E-state index in [-0.39, 0.29) is 23.3 Å². The van der Waals surface area contributed by atoms with Crippen molar-refractivity contribution in [2.75, 3.05) is 30.0 Å². The van der Waals surface area contributed by atoms with Gasteiger partial charge in [-0.1, -0.05) is 27.2 Å². The number of nitrogens with zero attached hydrogens (tertiary/aromatic N) is 1. The lowest BCUT2D eigenvalue weighted by atomic mass is 10.3. The highest BCUT2D eigenvalue weighted by Crippen LogP contribution is 2.17. The number of hydrogen-bond donors (Lipinski definition) is 2. The fourth-order valence-corrected chi connectivity index (χ4v) is 2.83. The van der Waals surface area contributed by atoms with Crippen LogP contribution in [0.2, 0.25) is 0 Å². The van der Waals surface area contributed by atoms with Crippen molar-refractivity contribution in [3.8, 4) is 5.75 Å². The number of rotatable bonds is 9. The summed E-state index contributed by atoms with van der Waals surface area (Å²) >= 11 is 4.58. The van der Waals surface area contributed by atoms with Gasteiger partial charge < -0.3 is 19.9 Å². The van der Waals surface area contributed by atoms with E-state index < -0.39 is 0 Å². The van der Waals surface area contributed by atoms with Gasteiger partial charge >= 0.3 is 0 Å². The number of thioether (sulfide) groups is 1. The van der Waals surface area contributed by atoms with Gasteiger partial charge in [-0.2, -0.15) is 0 Å². The molecule has 0 aliphatic heterocycles. The van der Waals surface area contributed by atoms with Crippen molar-refractivity contribution in [2.24, 2.45) is 0 Å². The van der Waals surface area contributed by atoms with Gasteiger partial charge in [0.1, 0.15) is 18.1 Å². The van der Waals surface area contributed by atoms with E-state index in [9.17, 15) is 9.59 Å². The first-order valence-electron chi connectivity index (χ1n) is 7.49. The number of benzene rings is 1. The second-order valence-corrected chi connectivity index (χ2v) is 6.92. The molecule has 0 radical (unpaired) electrons. The van der Waals surface area contributed by atoms with Crippen molar-refractivity contribution < 1.29 is 18.8 Å². The molecule has 1 aromatic heterocycles. The van der Waals surface area contributed by atoms with Crippen LogP contribution in [0.3, 0.4) is 0 Å². The summed E-state index contributed by atoms with van der Waals surface area (Å²) in [6.45, 7) is 2.51. The SMILES string of the molecule is Cc1cc(NC(=O)CSCC(=O)NCCOc2cccc(Br)c2)no1. The Morgan fingerprint density at radius 1 is 1.28 bits per heavy atom.